The fourth-order valence-corrected chi connectivity index (χ4v) is 4.57. The number of carbonyl (C=O) groups excluding carboxylic acids is 2. The van der Waals surface area contributed by atoms with Crippen LogP contribution in [0.25, 0.3) is 46.3 Å². The molecule has 1 amide bonds. The summed E-state index contributed by atoms with van der Waals surface area (Å²) >= 11 is 0. The molecule has 0 bridgehead atoms. The third kappa shape index (κ3) is 6.49. The third-order valence-corrected chi connectivity index (χ3v) is 7.16. The predicted molar refractivity (Wildman–Crippen MR) is 161 cm³/mol. The van der Waals surface area contributed by atoms with Crippen LogP contribution >= 0.6 is 0 Å². The lowest BCUT2D eigenvalue weighted by molar-refractivity contribution is -0.126. The van der Waals surface area contributed by atoms with Crippen LogP contribution in [-0.4, -0.2) is 69.4 Å². The van der Waals surface area contributed by atoms with Gasteiger partial charge < -0.3 is 51.8 Å². The maximum Gasteiger partial charge on any atom is 0.360 e. The highest BCUT2D eigenvalue weighted by atomic mass is 16.7. The predicted octanol–water partition coefficient (Wildman–Crippen LogP) is 4.19. The number of hydrogen-bond donors (Lipinski definition) is 2. The second kappa shape index (κ2) is 13.7. The number of esters is 1. The molecule has 0 aliphatic rings. The summed E-state index contributed by atoms with van der Waals surface area (Å²) in [5.41, 5.74) is 6.93. The minimum absolute atomic E-state index is 0.00764. The van der Waals surface area contributed by atoms with Crippen molar-refractivity contribution in [1.29, 1.82) is 0 Å². The zero-order valence-corrected chi connectivity index (χ0v) is 27.0. The van der Waals surface area contributed by atoms with Gasteiger partial charge in [0.05, 0.1) is 13.2 Å². The molecule has 6 rings (SSSR count). The highest BCUT2D eigenvalue weighted by Crippen LogP contribution is 2.32. The van der Waals surface area contributed by atoms with Crippen molar-refractivity contribution in [1.82, 2.24) is 35.2 Å². The van der Waals surface area contributed by atoms with Crippen LogP contribution in [0.2, 0.25) is 0 Å². The lowest BCUT2D eigenvalue weighted by Gasteiger charge is -2.22. The molecule has 0 spiro atoms. The minimum Gasteiger partial charge on any atom is -0.464 e. The first-order chi connectivity index (χ1) is 23.6. The second-order valence-electron chi connectivity index (χ2n) is 10.4. The Morgan fingerprint density at radius 1 is 0.735 bits per heavy atom. The lowest BCUT2D eigenvalue weighted by Crippen LogP contribution is -2.38. The summed E-state index contributed by atoms with van der Waals surface area (Å²) in [6.45, 7) is 5.32. The average Bonchev–Trinajstić information content (AvgIpc) is 3.95. The minimum atomic E-state index is -1.07. The number of methoxy groups -OCH3 is 3. The first-order valence-electron chi connectivity index (χ1n) is 14.6. The molecule has 0 aromatic carbocycles. The molecule has 0 fully saturated rings. The van der Waals surface area contributed by atoms with Crippen molar-refractivity contribution in [2.45, 2.75) is 45.6 Å². The molecular weight excluding hydrogens is 648 g/mol. The molecule has 256 valence electrons. The molecule has 3 N–H and O–H groups in total. The van der Waals surface area contributed by atoms with Crippen LogP contribution in [0, 0.1) is 13.8 Å². The Labute approximate surface area is 276 Å². The van der Waals surface area contributed by atoms with Crippen LogP contribution in [0.15, 0.2) is 51.6 Å². The second-order valence-corrected chi connectivity index (χ2v) is 10.4. The number of aryl methyl sites for hydroxylation is 2. The zero-order valence-electron chi connectivity index (χ0n) is 27.0. The molecule has 6 aromatic heterocycles. The molecule has 0 saturated heterocycles. The third-order valence-electron chi connectivity index (χ3n) is 7.16. The molecule has 2 unspecified atom stereocenters. The number of nitrogens with zero attached hydrogens (tertiary/aromatic N) is 6. The number of carbonyl (C=O) groups is 2. The summed E-state index contributed by atoms with van der Waals surface area (Å²) < 4.78 is 49.0. The van der Waals surface area contributed by atoms with E-state index in [0.717, 1.165) is 12.5 Å². The van der Waals surface area contributed by atoms with Gasteiger partial charge in [0.25, 0.3) is 5.91 Å². The van der Waals surface area contributed by atoms with Crippen LogP contribution in [0.4, 0.5) is 0 Å². The van der Waals surface area contributed by atoms with E-state index in [1.165, 1.54) is 33.9 Å². The topological polar surface area (TPSA) is 256 Å². The van der Waals surface area contributed by atoms with E-state index in [1.54, 1.807) is 13.8 Å². The van der Waals surface area contributed by atoms with Crippen molar-refractivity contribution in [3.63, 3.8) is 0 Å². The monoisotopic (exact) mass is 678 g/mol. The maximum absolute atomic E-state index is 13.4. The van der Waals surface area contributed by atoms with Gasteiger partial charge in [0, 0.05) is 14.2 Å². The Bertz CT molecular complexity index is 2080. The number of rotatable bonds is 13. The van der Waals surface area contributed by atoms with Crippen LogP contribution in [0.5, 0.6) is 0 Å². The summed E-state index contributed by atoms with van der Waals surface area (Å²) in [6, 6.07) is -1.44. The van der Waals surface area contributed by atoms with Gasteiger partial charge in [0.15, 0.2) is 46.5 Å². The maximum atomic E-state index is 13.4. The molecule has 0 aliphatic heterocycles. The molecule has 6 aromatic rings. The van der Waals surface area contributed by atoms with Crippen LogP contribution in [0.1, 0.15) is 69.7 Å². The van der Waals surface area contributed by atoms with Crippen LogP contribution in [-0.2, 0) is 14.2 Å². The van der Waals surface area contributed by atoms with E-state index >= 15 is 0 Å². The molecule has 0 radical (unpaired) electrons. The molecule has 0 saturated carbocycles. The largest absolute Gasteiger partial charge is 0.464 e. The van der Waals surface area contributed by atoms with Gasteiger partial charge in [-0.05, 0) is 20.3 Å². The SMILES string of the molecule is CCC(N)c1nc(-c2nc(-c3nc(C(=O)NC(c4nc(-c5nc(-c6nc(C(=O)OC)co6)co5)co4)C(OC)OC)co3)c(C)o2)c(C)o1. The van der Waals surface area contributed by atoms with Crippen LogP contribution in [0.3, 0.4) is 0 Å². The van der Waals surface area contributed by atoms with Crippen LogP contribution < -0.4 is 11.1 Å². The van der Waals surface area contributed by atoms with Gasteiger partial charge >= 0.3 is 5.97 Å². The summed E-state index contributed by atoms with van der Waals surface area (Å²) in [4.78, 5) is 51.1. The van der Waals surface area contributed by atoms with E-state index < -0.39 is 24.2 Å². The van der Waals surface area contributed by atoms with Gasteiger partial charge in [-0.15, -0.1) is 0 Å². The van der Waals surface area contributed by atoms with E-state index in [-0.39, 0.29) is 64.0 Å². The molecule has 2 atom stereocenters. The highest BCUT2D eigenvalue weighted by molar-refractivity contribution is 5.92. The molecular formula is C30H30N8O11. The molecule has 19 heteroatoms. The average molecular weight is 679 g/mol. The highest BCUT2D eigenvalue weighted by Gasteiger charge is 2.32. The number of hydrogen-bond acceptors (Lipinski definition) is 18. The molecule has 6 heterocycles. The van der Waals surface area contributed by atoms with Crippen molar-refractivity contribution >= 4 is 11.9 Å². The number of ether oxygens (including phenoxy) is 3. The Morgan fingerprint density at radius 2 is 1.35 bits per heavy atom. The van der Waals surface area contributed by atoms with E-state index in [0.29, 0.717) is 29.5 Å². The first kappa shape index (κ1) is 33.0. The summed E-state index contributed by atoms with van der Waals surface area (Å²) in [5.74, 6) is 0.134. The first-order valence-corrected chi connectivity index (χ1v) is 14.6. The van der Waals surface area contributed by atoms with Gasteiger partial charge in [0.2, 0.25) is 35.3 Å². The summed E-state index contributed by atoms with van der Waals surface area (Å²) in [6.07, 6.45) is 4.41. The van der Waals surface area contributed by atoms with E-state index in [1.807, 2.05) is 6.92 Å². The molecule has 0 aliphatic carbocycles. The van der Waals surface area contributed by atoms with Gasteiger partial charge in [-0.3, -0.25) is 4.79 Å². The van der Waals surface area contributed by atoms with E-state index in [2.05, 4.69) is 40.0 Å². The van der Waals surface area contributed by atoms with Gasteiger partial charge in [0.1, 0.15) is 36.6 Å². The summed E-state index contributed by atoms with van der Waals surface area (Å²) in [5, 5.41) is 2.74. The smallest absolute Gasteiger partial charge is 0.360 e. The van der Waals surface area contributed by atoms with Crippen molar-refractivity contribution < 1.29 is 50.3 Å². The van der Waals surface area contributed by atoms with Crippen molar-refractivity contribution in [3.05, 3.63) is 59.7 Å². The van der Waals surface area contributed by atoms with Gasteiger partial charge in [-0.25, -0.2) is 34.7 Å². The standard InChI is InChI=1S/C30H30N8O11/c1-7-14(31)23-37-20(13(3)48-23)28-38-19(12(2)49-28)26-32-15(8-46-26)22(39)36-21(30(42-5)43-6)27-34-17(10-47-27)24-33-16(9-44-24)25-35-18(11-45-25)29(40)41-4/h8-11,14,21,30H,7,31H2,1-6H3,(H,36,39). The zero-order chi connectivity index (χ0) is 34.8. The molecule has 49 heavy (non-hydrogen) atoms. The Balaban J connectivity index is 1.20. The van der Waals surface area contributed by atoms with Crippen molar-refractivity contribution in [2.75, 3.05) is 21.3 Å². The number of aromatic nitrogens is 6. The van der Waals surface area contributed by atoms with E-state index in [4.69, 9.17) is 41.7 Å². The Morgan fingerprint density at radius 3 is 2.08 bits per heavy atom. The number of nitrogens with two attached hydrogens (primary N) is 1. The fraction of sp³-hybridized carbons (Fsp3) is 0.333. The Kier molecular flexibility index (Phi) is 9.20. The van der Waals surface area contributed by atoms with E-state index in [9.17, 15) is 9.59 Å². The number of amides is 1. The number of nitrogens with one attached hydrogen (secondary N) is 1. The van der Waals surface area contributed by atoms with Crippen molar-refractivity contribution in [2.24, 2.45) is 5.73 Å². The lowest BCUT2D eigenvalue weighted by atomic mass is 10.2. The van der Waals surface area contributed by atoms with Gasteiger partial charge in [-0.1, -0.05) is 6.92 Å². The van der Waals surface area contributed by atoms with Gasteiger partial charge in [-0.2, -0.15) is 0 Å². The number of oxazole rings is 6. The summed E-state index contributed by atoms with van der Waals surface area (Å²) in [7, 11) is 3.98. The normalized spacial score (nSPS) is 12.8. The Hall–Kier alpha value is -5.92. The quantitative estimate of drug-likeness (QED) is 0.128. The fourth-order valence-electron chi connectivity index (χ4n) is 4.57. The molecule has 19 nitrogen and oxygen atoms in total. The van der Waals surface area contributed by atoms with Crippen molar-refractivity contribution in [3.8, 4) is 46.3 Å².